The molecular formula is C23H25ClN2O2. The van der Waals surface area contributed by atoms with Crippen LogP contribution in [0, 0.1) is 0 Å². The molecule has 4 rings (SSSR count). The first-order valence-corrected chi connectivity index (χ1v) is 10.0. The molecule has 1 unspecified atom stereocenters. The molecule has 28 heavy (non-hydrogen) atoms. The molecule has 0 saturated carbocycles. The lowest BCUT2D eigenvalue weighted by atomic mass is 9.99. The third kappa shape index (κ3) is 3.67. The number of hydrogen-bond acceptors (Lipinski definition) is 3. The van der Waals surface area contributed by atoms with Gasteiger partial charge < -0.3 is 9.30 Å². The minimum Gasteiger partial charge on any atom is -0.469 e. The molecular weight excluding hydrogens is 372 g/mol. The number of esters is 1. The van der Waals surface area contributed by atoms with Crippen molar-refractivity contribution in [2.24, 2.45) is 0 Å². The fourth-order valence-electron chi connectivity index (χ4n) is 4.32. The van der Waals surface area contributed by atoms with Gasteiger partial charge in [-0.05, 0) is 43.1 Å². The van der Waals surface area contributed by atoms with E-state index in [0.29, 0.717) is 12.5 Å². The van der Waals surface area contributed by atoms with Crippen LogP contribution >= 0.6 is 11.6 Å². The van der Waals surface area contributed by atoms with Crippen LogP contribution in [0.4, 0.5) is 0 Å². The molecule has 1 aliphatic rings. The maximum atomic E-state index is 12.0. The second-order valence-corrected chi connectivity index (χ2v) is 7.98. The van der Waals surface area contributed by atoms with Gasteiger partial charge in [0.25, 0.3) is 0 Å². The van der Waals surface area contributed by atoms with Gasteiger partial charge in [-0.3, -0.25) is 9.69 Å². The summed E-state index contributed by atoms with van der Waals surface area (Å²) in [5.74, 6) is -0.200. The predicted octanol–water partition coefficient (Wildman–Crippen LogP) is 4.46. The van der Waals surface area contributed by atoms with Gasteiger partial charge in [0.15, 0.2) is 0 Å². The van der Waals surface area contributed by atoms with Gasteiger partial charge in [0.1, 0.15) is 0 Å². The quantitative estimate of drug-likeness (QED) is 0.597. The summed E-state index contributed by atoms with van der Waals surface area (Å²) in [6.45, 7) is 1.83. The number of halogens is 1. The second-order valence-electron chi connectivity index (χ2n) is 7.54. The molecule has 0 aliphatic carbocycles. The zero-order valence-electron chi connectivity index (χ0n) is 16.3. The maximum Gasteiger partial charge on any atom is 0.310 e. The van der Waals surface area contributed by atoms with Crippen molar-refractivity contribution in [3.8, 4) is 0 Å². The van der Waals surface area contributed by atoms with Crippen molar-refractivity contribution in [2.45, 2.75) is 38.4 Å². The molecule has 0 spiro atoms. The van der Waals surface area contributed by atoms with E-state index in [-0.39, 0.29) is 5.97 Å². The van der Waals surface area contributed by atoms with Gasteiger partial charge in [0, 0.05) is 35.2 Å². The van der Waals surface area contributed by atoms with Crippen molar-refractivity contribution in [2.75, 3.05) is 14.2 Å². The monoisotopic (exact) mass is 396 g/mol. The first-order chi connectivity index (χ1) is 13.6. The molecule has 0 bridgehead atoms. The molecule has 5 heteroatoms. The molecule has 4 nitrogen and oxygen atoms in total. The molecule has 2 heterocycles. The van der Waals surface area contributed by atoms with Crippen molar-refractivity contribution < 1.29 is 9.53 Å². The standard InChI is InChI=1S/C23H25ClN2O2/c1-25(14-16-6-4-3-5-7-16)18-9-11-21-20(13-23(27)28-2)19-10-8-17(24)12-22(19)26(21)15-18/h3-8,10,12,18H,9,11,13-15H2,1-2H3. The van der Waals surface area contributed by atoms with Crippen LogP contribution in [-0.4, -0.2) is 35.6 Å². The number of fused-ring (bicyclic) bond motifs is 3. The van der Waals surface area contributed by atoms with Crippen LogP contribution in [-0.2, 0) is 35.5 Å². The zero-order valence-corrected chi connectivity index (χ0v) is 17.1. The topological polar surface area (TPSA) is 34.5 Å². The largest absolute Gasteiger partial charge is 0.469 e. The smallest absolute Gasteiger partial charge is 0.310 e. The minimum atomic E-state index is -0.200. The maximum absolute atomic E-state index is 12.0. The van der Waals surface area contributed by atoms with E-state index in [4.69, 9.17) is 16.3 Å². The van der Waals surface area contributed by atoms with Crippen LogP contribution in [0.3, 0.4) is 0 Å². The van der Waals surface area contributed by atoms with Gasteiger partial charge in [-0.2, -0.15) is 0 Å². The molecule has 0 saturated heterocycles. The summed E-state index contributed by atoms with van der Waals surface area (Å²) in [4.78, 5) is 14.4. The lowest BCUT2D eigenvalue weighted by Gasteiger charge is -2.33. The number of carbonyl (C=O) groups excluding carboxylic acids is 1. The van der Waals surface area contributed by atoms with Gasteiger partial charge >= 0.3 is 5.97 Å². The van der Waals surface area contributed by atoms with Crippen LogP contribution in [0.15, 0.2) is 48.5 Å². The van der Waals surface area contributed by atoms with E-state index < -0.39 is 0 Å². The molecule has 0 amide bonds. The third-order valence-corrected chi connectivity index (χ3v) is 6.04. The Balaban J connectivity index is 1.65. The average Bonchev–Trinajstić information content (AvgIpc) is 3.01. The van der Waals surface area contributed by atoms with E-state index in [2.05, 4.69) is 46.8 Å². The Hall–Kier alpha value is -2.30. The molecule has 0 N–H and O–H groups in total. The lowest BCUT2D eigenvalue weighted by Crippen LogP contribution is -2.38. The third-order valence-electron chi connectivity index (χ3n) is 5.80. The number of hydrogen-bond donors (Lipinski definition) is 0. The highest BCUT2D eigenvalue weighted by molar-refractivity contribution is 6.31. The van der Waals surface area contributed by atoms with Gasteiger partial charge in [-0.1, -0.05) is 48.0 Å². The number of likely N-dealkylation sites (N-methyl/N-ethyl adjacent to an activating group) is 1. The molecule has 1 aliphatic heterocycles. The van der Waals surface area contributed by atoms with Crippen LogP contribution in [0.1, 0.15) is 23.2 Å². The number of benzene rings is 2. The van der Waals surface area contributed by atoms with Crippen molar-refractivity contribution in [3.05, 3.63) is 70.4 Å². The fraction of sp³-hybridized carbons (Fsp3) is 0.348. The molecule has 0 radical (unpaired) electrons. The van der Waals surface area contributed by atoms with Crippen LogP contribution in [0.25, 0.3) is 10.9 Å². The number of rotatable bonds is 5. The van der Waals surface area contributed by atoms with Gasteiger partial charge in [-0.15, -0.1) is 0 Å². The normalized spacial score (nSPS) is 16.4. The first kappa shape index (κ1) is 19.0. The number of nitrogens with zero attached hydrogens (tertiary/aromatic N) is 2. The van der Waals surface area contributed by atoms with E-state index in [0.717, 1.165) is 47.4 Å². The SMILES string of the molecule is COC(=O)Cc1c2n(c3cc(Cl)ccc13)CC(N(C)Cc1ccccc1)CC2. The average molecular weight is 397 g/mol. The van der Waals surface area contributed by atoms with Crippen molar-refractivity contribution in [1.29, 1.82) is 0 Å². The van der Waals surface area contributed by atoms with Gasteiger partial charge in [0.05, 0.1) is 19.0 Å². The summed E-state index contributed by atoms with van der Waals surface area (Å²) in [6, 6.07) is 16.9. The minimum absolute atomic E-state index is 0.200. The van der Waals surface area contributed by atoms with Crippen LogP contribution < -0.4 is 0 Å². The summed E-state index contributed by atoms with van der Waals surface area (Å²) in [5.41, 5.74) is 4.76. The Kier molecular flexibility index (Phi) is 5.42. The molecule has 146 valence electrons. The first-order valence-electron chi connectivity index (χ1n) is 9.67. The Morgan fingerprint density at radius 2 is 2.04 bits per heavy atom. The highest BCUT2D eigenvalue weighted by Crippen LogP contribution is 2.34. The van der Waals surface area contributed by atoms with Gasteiger partial charge in [-0.25, -0.2) is 0 Å². The summed E-state index contributed by atoms with van der Waals surface area (Å²) in [7, 11) is 3.63. The molecule has 3 aromatic rings. The van der Waals surface area contributed by atoms with Gasteiger partial charge in [0.2, 0.25) is 0 Å². The fourth-order valence-corrected chi connectivity index (χ4v) is 4.49. The Morgan fingerprint density at radius 3 is 2.79 bits per heavy atom. The van der Waals surface area contributed by atoms with E-state index >= 15 is 0 Å². The Morgan fingerprint density at radius 1 is 1.25 bits per heavy atom. The van der Waals surface area contributed by atoms with E-state index in [1.54, 1.807) is 0 Å². The number of carbonyl (C=O) groups is 1. The van der Waals surface area contributed by atoms with E-state index in [9.17, 15) is 4.79 Å². The highest BCUT2D eigenvalue weighted by Gasteiger charge is 2.28. The predicted molar refractivity (Wildman–Crippen MR) is 113 cm³/mol. The van der Waals surface area contributed by atoms with Crippen LogP contribution in [0.5, 0.6) is 0 Å². The summed E-state index contributed by atoms with van der Waals surface area (Å²) in [6.07, 6.45) is 2.32. The molecule has 2 aromatic carbocycles. The number of ether oxygens (including phenoxy) is 1. The van der Waals surface area contributed by atoms with Crippen LogP contribution in [0.2, 0.25) is 5.02 Å². The second kappa shape index (κ2) is 7.98. The lowest BCUT2D eigenvalue weighted by molar-refractivity contribution is -0.139. The molecule has 1 atom stereocenters. The Bertz CT molecular complexity index is 997. The summed E-state index contributed by atoms with van der Waals surface area (Å²) >= 11 is 6.29. The number of aromatic nitrogens is 1. The van der Waals surface area contributed by atoms with Crippen molar-refractivity contribution in [3.63, 3.8) is 0 Å². The highest BCUT2D eigenvalue weighted by atomic mass is 35.5. The molecule has 0 fully saturated rings. The number of methoxy groups -OCH3 is 1. The zero-order chi connectivity index (χ0) is 19.7. The van der Waals surface area contributed by atoms with Crippen molar-refractivity contribution >= 4 is 28.5 Å². The summed E-state index contributed by atoms with van der Waals surface area (Å²) in [5, 5.41) is 1.83. The van der Waals surface area contributed by atoms with Crippen molar-refractivity contribution in [1.82, 2.24) is 9.47 Å². The van der Waals surface area contributed by atoms with E-state index in [1.165, 1.54) is 18.4 Å². The molecule has 1 aromatic heterocycles. The van der Waals surface area contributed by atoms with E-state index in [1.807, 2.05) is 18.2 Å². The summed E-state index contributed by atoms with van der Waals surface area (Å²) < 4.78 is 7.29. The Labute approximate surface area is 170 Å².